The lowest BCUT2D eigenvalue weighted by atomic mass is 9.88. The van der Waals surface area contributed by atoms with Crippen LogP contribution in [0.25, 0.3) is 0 Å². The topological polar surface area (TPSA) is 38.7 Å². The van der Waals surface area contributed by atoms with Gasteiger partial charge in [-0.1, -0.05) is 32.0 Å². The lowest BCUT2D eigenvalue weighted by Crippen LogP contribution is -2.24. The average Bonchev–Trinajstić information content (AvgIpc) is 2.39. The summed E-state index contributed by atoms with van der Waals surface area (Å²) in [6.07, 6.45) is 1.35. The number of aliphatic hydroxyl groups is 1. The molecule has 0 saturated carbocycles. The predicted molar refractivity (Wildman–Crippen MR) is 68.3 cm³/mol. The number of ether oxygens (including phenoxy) is 2. The summed E-state index contributed by atoms with van der Waals surface area (Å²) in [5.41, 5.74) is 0.0602. The molecule has 1 aromatic rings. The van der Waals surface area contributed by atoms with E-state index in [1.807, 2.05) is 38.1 Å². The molecule has 0 fully saturated rings. The Morgan fingerprint density at radius 1 is 1.12 bits per heavy atom. The van der Waals surface area contributed by atoms with Gasteiger partial charge < -0.3 is 14.6 Å². The van der Waals surface area contributed by atoms with Gasteiger partial charge in [0.2, 0.25) is 0 Å². The standard InChI is InChI=1S/C14H22O3/c1-4-14(15,5-2)12-8-6-7-9-13(12)17-11-10-16-3/h6-9,15H,4-5,10-11H2,1-3H3. The maximum atomic E-state index is 10.5. The van der Waals surface area contributed by atoms with Crippen molar-refractivity contribution < 1.29 is 14.6 Å². The Kier molecular flexibility index (Phi) is 5.45. The van der Waals surface area contributed by atoms with Crippen LogP contribution in [0.5, 0.6) is 5.75 Å². The summed E-state index contributed by atoms with van der Waals surface area (Å²) in [7, 11) is 1.64. The molecule has 0 amide bonds. The Morgan fingerprint density at radius 3 is 2.35 bits per heavy atom. The molecule has 0 bridgehead atoms. The van der Waals surface area contributed by atoms with Crippen LogP contribution in [0, 0.1) is 0 Å². The predicted octanol–water partition coefficient (Wildman–Crippen LogP) is 2.72. The van der Waals surface area contributed by atoms with Gasteiger partial charge in [0, 0.05) is 12.7 Å². The van der Waals surface area contributed by atoms with Crippen LogP contribution in [-0.4, -0.2) is 25.4 Å². The van der Waals surface area contributed by atoms with Crippen molar-refractivity contribution in [2.75, 3.05) is 20.3 Å². The molecule has 3 nitrogen and oxygen atoms in total. The molecule has 0 unspecified atom stereocenters. The van der Waals surface area contributed by atoms with E-state index in [1.165, 1.54) is 0 Å². The normalized spacial score (nSPS) is 11.5. The summed E-state index contributed by atoms with van der Waals surface area (Å²) < 4.78 is 10.6. The fourth-order valence-corrected chi connectivity index (χ4v) is 1.84. The van der Waals surface area contributed by atoms with E-state index in [9.17, 15) is 5.11 Å². The lowest BCUT2D eigenvalue weighted by molar-refractivity contribution is 0.0247. The first kappa shape index (κ1) is 14.0. The van der Waals surface area contributed by atoms with Crippen LogP contribution in [0.2, 0.25) is 0 Å². The zero-order valence-electron chi connectivity index (χ0n) is 10.9. The molecule has 0 aliphatic heterocycles. The molecule has 0 aliphatic rings. The average molecular weight is 238 g/mol. The van der Waals surface area contributed by atoms with E-state index in [1.54, 1.807) is 7.11 Å². The Morgan fingerprint density at radius 2 is 1.76 bits per heavy atom. The van der Waals surface area contributed by atoms with Crippen LogP contribution < -0.4 is 4.74 Å². The van der Waals surface area contributed by atoms with Gasteiger partial charge in [-0.25, -0.2) is 0 Å². The highest BCUT2D eigenvalue weighted by Gasteiger charge is 2.27. The molecule has 0 saturated heterocycles. The summed E-state index contributed by atoms with van der Waals surface area (Å²) in [4.78, 5) is 0. The van der Waals surface area contributed by atoms with Crippen LogP contribution >= 0.6 is 0 Å². The monoisotopic (exact) mass is 238 g/mol. The second-order valence-corrected chi connectivity index (χ2v) is 4.08. The van der Waals surface area contributed by atoms with Crippen LogP contribution in [0.1, 0.15) is 32.3 Å². The Hall–Kier alpha value is -1.06. The number of hydrogen-bond acceptors (Lipinski definition) is 3. The summed E-state index contributed by atoms with van der Waals surface area (Å²) in [5.74, 6) is 0.746. The Balaban J connectivity index is 2.90. The first-order chi connectivity index (χ1) is 8.18. The third kappa shape index (κ3) is 3.45. The zero-order valence-corrected chi connectivity index (χ0v) is 10.9. The highest BCUT2D eigenvalue weighted by atomic mass is 16.5. The summed E-state index contributed by atoms with van der Waals surface area (Å²) in [6, 6.07) is 7.66. The van der Waals surface area contributed by atoms with Crippen LogP contribution in [-0.2, 0) is 10.3 Å². The molecule has 3 heteroatoms. The van der Waals surface area contributed by atoms with Crippen molar-refractivity contribution in [3.8, 4) is 5.75 Å². The van der Waals surface area contributed by atoms with E-state index in [-0.39, 0.29) is 0 Å². The largest absolute Gasteiger partial charge is 0.491 e. The van der Waals surface area contributed by atoms with Crippen molar-refractivity contribution >= 4 is 0 Å². The zero-order chi connectivity index (χ0) is 12.7. The summed E-state index contributed by atoms with van der Waals surface area (Å²) in [5, 5.41) is 10.5. The van der Waals surface area contributed by atoms with Gasteiger partial charge in [-0.2, -0.15) is 0 Å². The van der Waals surface area contributed by atoms with Gasteiger partial charge in [0.15, 0.2) is 0 Å². The third-order valence-electron chi connectivity index (χ3n) is 3.10. The van der Waals surface area contributed by atoms with Crippen LogP contribution in [0.15, 0.2) is 24.3 Å². The van der Waals surface area contributed by atoms with Gasteiger partial charge in [-0.05, 0) is 18.9 Å². The van der Waals surface area contributed by atoms with Crippen molar-refractivity contribution in [3.05, 3.63) is 29.8 Å². The van der Waals surface area contributed by atoms with Gasteiger partial charge in [0.25, 0.3) is 0 Å². The van der Waals surface area contributed by atoms with E-state index in [4.69, 9.17) is 9.47 Å². The highest BCUT2D eigenvalue weighted by molar-refractivity contribution is 5.37. The molecular weight excluding hydrogens is 216 g/mol. The third-order valence-corrected chi connectivity index (χ3v) is 3.10. The number of methoxy groups -OCH3 is 1. The molecule has 1 rings (SSSR count). The minimum atomic E-state index is -0.802. The van der Waals surface area contributed by atoms with E-state index >= 15 is 0 Å². The van der Waals surface area contributed by atoms with E-state index in [2.05, 4.69) is 0 Å². The lowest BCUT2D eigenvalue weighted by Gasteiger charge is -2.27. The molecule has 0 heterocycles. The van der Waals surface area contributed by atoms with Gasteiger partial charge in [0.1, 0.15) is 12.4 Å². The second kappa shape index (κ2) is 6.62. The minimum absolute atomic E-state index is 0.497. The Labute approximate surface area is 103 Å². The van der Waals surface area contributed by atoms with Gasteiger partial charge in [0.05, 0.1) is 12.2 Å². The molecule has 17 heavy (non-hydrogen) atoms. The van der Waals surface area contributed by atoms with Crippen molar-refractivity contribution in [1.82, 2.24) is 0 Å². The molecule has 0 aromatic heterocycles. The van der Waals surface area contributed by atoms with Crippen molar-refractivity contribution in [1.29, 1.82) is 0 Å². The van der Waals surface area contributed by atoms with E-state index in [0.717, 1.165) is 11.3 Å². The van der Waals surface area contributed by atoms with Crippen molar-refractivity contribution in [2.24, 2.45) is 0 Å². The first-order valence-electron chi connectivity index (χ1n) is 6.11. The molecule has 0 aliphatic carbocycles. The summed E-state index contributed by atoms with van der Waals surface area (Å²) in [6.45, 7) is 5.01. The van der Waals surface area contributed by atoms with Crippen LogP contribution in [0.4, 0.5) is 0 Å². The van der Waals surface area contributed by atoms with E-state index < -0.39 is 5.60 Å². The minimum Gasteiger partial charge on any atom is -0.491 e. The quantitative estimate of drug-likeness (QED) is 0.742. The number of rotatable bonds is 7. The van der Waals surface area contributed by atoms with Gasteiger partial charge in [-0.15, -0.1) is 0 Å². The van der Waals surface area contributed by atoms with Gasteiger partial charge in [-0.3, -0.25) is 0 Å². The van der Waals surface area contributed by atoms with Crippen LogP contribution in [0.3, 0.4) is 0 Å². The smallest absolute Gasteiger partial charge is 0.125 e. The first-order valence-corrected chi connectivity index (χ1v) is 6.11. The fraction of sp³-hybridized carbons (Fsp3) is 0.571. The fourth-order valence-electron chi connectivity index (χ4n) is 1.84. The molecule has 96 valence electrons. The SMILES string of the molecule is CCC(O)(CC)c1ccccc1OCCOC. The number of hydrogen-bond donors (Lipinski definition) is 1. The Bertz CT molecular complexity index is 332. The maximum Gasteiger partial charge on any atom is 0.125 e. The molecule has 0 radical (unpaired) electrons. The van der Waals surface area contributed by atoms with Crippen molar-refractivity contribution in [3.63, 3.8) is 0 Å². The number of benzene rings is 1. The van der Waals surface area contributed by atoms with Crippen molar-refractivity contribution in [2.45, 2.75) is 32.3 Å². The molecule has 0 spiro atoms. The molecule has 1 aromatic carbocycles. The van der Waals surface area contributed by atoms with Gasteiger partial charge >= 0.3 is 0 Å². The number of para-hydroxylation sites is 1. The molecule has 0 atom stereocenters. The highest BCUT2D eigenvalue weighted by Crippen LogP contribution is 2.34. The molecule has 1 N–H and O–H groups in total. The summed E-state index contributed by atoms with van der Waals surface area (Å²) >= 11 is 0. The maximum absolute atomic E-state index is 10.5. The van der Waals surface area contributed by atoms with E-state index in [0.29, 0.717) is 26.1 Å². The second-order valence-electron chi connectivity index (χ2n) is 4.08. The molecular formula is C14H22O3.